The summed E-state index contributed by atoms with van der Waals surface area (Å²) in [7, 11) is 0. The fourth-order valence-electron chi connectivity index (χ4n) is 2.58. The van der Waals surface area contributed by atoms with E-state index in [2.05, 4.69) is 4.98 Å². The van der Waals surface area contributed by atoms with Crippen LogP contribution in [0.2, 0.25) is 0 Å². The largest absolute Gasteiger partial charge is 0.478 e. The first-order valence-electron chi connectivity index (χ1n) is 7.56. The molecular formula is C19H15F2NO3. The molecule has 3 aromatic rings. The lowest BCUT2D eigenvalue weighted by Crippen LogP contribution is -2.06. The lowest BCUT2D eigenvalue weighted by Gasteiger charge is -2.12. The molecule has 1 heterocycles. The molecule has 0 atom stereocenters. The number of benzene rings is 2. The van der Waals surface area contributed by atoms with Gasteiger partial charge < -0.3 is 9.52 Å². The first-order valence-corrected chi connectivity index (χ1v) is 7.56. The molecule has 3 rings (SSSR count). The Balaban J connectivity index is 1.96. The predicted molar refractivity (Wildman–Crippen MR) is 87.7 cm³/mol. The quantitative estimate of drug-likeness (QED) is 0.727. The minimum Gasteiger partial charge on any atom is -0.478 e. The van der Waals surface area contributed by atoms with E-state index in [9.17, 15) is 18.7 Å². The van der Waals surface area contributed by atoms with Gasteiger partial charge in [0.25, 0.3) is 5.92 Å². The molecule has 128 valence electrons. The molecule has 0 spiro atoms. The number of hydrogen-bond acceptors (Lipinski definition) is 3. The van der Waals surface area contributed by atoms with Crippen LogP contribution in [0.4, 0.5) is 8.78 Å². The zero-order valence-electron chi connectivity index (χ0n) is 13.4. The summed E-state index contributed by atoms with van der Waals surface area (Å²) in [4.78, 5) is 15.3. The summed E-state index contributed by atoms with van der Waals surface area (Å²) in [6.07, 6.45) is 3.16. The van der Waals surface area contributed by atoms with Gasteiger partial charge in [0.1, 0.15) is 12.0 Å². The van der Waals surface area contributed by atoms with Crippen molar-refractivity contribution in [2.24, 2.45) is 0 Å². The van der Waals surface area contributed by atoms with Gasteiger partial charge in [-0.25, -0.2) is 18.6 Å². The lowest BCUT2D eigenvalue weighted by atomic mass is 9.95. The number of aromatic nitrogens is 1. The van der Waals surface area contributed by atoms with Crippen LogP contribution in [0.25, 0.3) is 11.3 Å². The second kappa shape index (κ2) is 6.47. The molecule has 1 aromatic heterocycles. The number of nitrogens with zero attached hydrogens (tertiary/aromatic N) is 1. The number of carboxylic acid groups (broad SMARTS) is 1. The van der Waals surface area contributed by atoms with Crippen LogP contribution >= 0.6 is 0 Å². The summed E-state index contributed by atoms with van der Waals surface area (Å²) >= 11 is 0. The number of carboxylic acids is 1. The lowest BCUT2D eigenvalue weighted by molar-refractivity contribution is 0.0174. The van der Waals surface area contributed by atoms with Crippen molar-refractivity contribution >= 4 is 5.97 Å². The number of aromatic carboxylic acids is 1. The highest BCUT2D eigenvalue weighted by Crippen LogP contribution is 2.29. The topological polar surface area (TPSA) is 63.3 Å². The molecule has 0 aliphatic carbocycles. The highest BCUT2D eigenvalue weighted by Gasteiger charge is 2.23. The van der Waals surface area contributed by atoms with E-state index < -0.39 is 11.9 Å². The average Bonchev–Trinajstić information content (AvgIpc) is 3.09. The minimum atomic E-state index is -2.88. The SMILES string of the molecule is CC(F)(F)c1ccc(Cc2ccc(C(=O)O)cc2-c2cocn2)cc1. The smallest absolute Gasteiger partial charge is 0.335 e. The Bertz CT molecular complexity index is 882. The average molecular weight is 343 g/mol. The number of carbonyl (C=O) groups is 1. The van der Waals surface area contributed by atoms with Gasteiger partial charge in [-0.3, -0.25) is 0 Å². The van der Waals surface area contributed by atoms with Gasteiger partial charge in [0.05, 0.1) is 5.56 Å². The summed E-state index contributed by atoms with van der Waals surface area (Å²) < 4.78 is 31.6. The van der Waals surface area contributed by atoms with Gasteiger partial charge in [-0.1, -0.05) is 30.3 Å². The van der Waals surface area contributed by atoms with Crippen LogP contribution in [-0.2, 0) is 12.3 Å². The Morgan fingerprint density at radius 3 is 2.48 bits per heavy atom. The standard InChI is InChI=1S/C19H15F2NO3/c1-19(20,21)15-6-2-12(3-7-15)8-13-4-5-14(18(23)24)9-16(13)17-10-25-11-22-17/h2-7,9-11H,8H2,1H3,(H,23,24). The monoisotopic (exact) mass is 343 g/mol. The van der Waals surface area contributed by atoms with Crippen LogP contribution < -0.4 is 0 Å². The summed E-state index contributed by atoms with van der Waals surface area (Å²) in [5.74, 6) is -3.92. The fourth-order valence-corrected chi connectivity index (χ4v) is 2.58. The van der Waals surface area contributed by atoms with Crippen LogP contribution in [0.15, 0.2) is 59.5 Å². The van der Waals surface area contributed by atoms with Crippen molar-refractivity contribution in [3.63, 3.8) is 0 Å². The highest BCUT2D eigenvalue weighted by molar-refractivity contribution is 5.89. The Morgan fingerprint density at radius 2 is 1.92 bits per heavy atom. The van der Waals surface area contributed by atoms with E-state index in [4.69, 9.17) is 4.42 Å². The Kier molecular flexibility index (Phi) is 4.35. The molecular weight excluding hydrogens is 328 g/mol. The first-order chi connectivity index (χ1) is 11.8. The van der Waals surface area contributed by atoms with Crippen LogP contribution in [0.1, 0.15) is 34.0 Å². The molecule has 0 fully saturated rings. The van der Waals surface area contributed by atoms with Crippen LogP contribution in [0, 0.1) is 0 Å². The first kappa shape index (κ1) is 16.8. The summed E-state index contributed by atoms with van der Waals surface area (Å²) in [5.41, 5.74) is 2.92. The van der Waals surface area contributed by atoms with E-state index in [1.54, 1.807) is 18.2 Å². The van der Waals surface area contributed by atoms with Crippen molar-refractivity contribution in [2.75, 3.05) is 0 Å². The summed E-state index contributed by atoms with van der Waals surface area (Å²) in [6.45, 7) is 0.856. The third-order valence-corrected chi connectivity index (χ3v) is 3.92. The molecule has 0 bridgehead atoms. The third-order valence-electron chi connectivity index (χ3n) is 3.92. The molecule has 0 aliphatic rings. The van der Waals surface area contributed by atoms with Gasteiger partial charge in [0.15, 0.2) is 6.39 Å². The van der Waals surface area contributed by atoms with Crippen molar-refractivity contribution < 1.29 is 23.1 Å². The van der Waals surface area contributed by atoms with Gasteiger partial charge in [-0.15, -0.1) is 0 Å². The molecule has 0 amide bonds. The second-order valence-electron chi connectivity index (χ2n) is 5.81. The van der Waals surface area contributed by atoms with E-state index in [-0.39, 0.29) is 11.1 Å². The van der Waals surface area contributed by atoms with Gasteiger partial charge >= 0.3 is 5.97 Å². The molecule has 0 saturated carbocycles. The second-order valence-corrected chi connectivity index (χ2v) is 5.81. The van der Waals surface area contributed by atoms with Crippen LogP contribution in [0.3, 0.4) is 0 Å². The molecule has 0 radical (unpaired) electrons. The Labute approximate surface area is 142 Å². The van der Waals surface area contributed by atoms with E-state index >= 15 is 0 Å². The zero-order valence-corrected chi connectivity index (χ0v) is 13.4. The van der Waals surface area contributed by atoms with Gasteiger partial charge in [-0.05, 0) is 29.7 Å². The molecule has 6 heteroatoms. The molecule has 0 aliphatic heterocycles. The Hall–Kier alpha value is -3.02. The van der Waals surface area contributed by atoms with E-state index in [1.165, 1.54) is 36.9 Å². The molecule has 4 nitrogen and oxygen atoms in total. The zero-order chi connectivity index (χ0) is 18.0. The van der Waals surface area contributed by atoms with Crippen molar-refractivity contribution in [1.29, 1.82) is 0 Å². The van der Waals surface area contributed by atoms with Crippen LogP contribution in [0.5, 0.6) is 0 Å². The van der Waals surface area contributed by atoms with Gasteiger partial charge in [0.2, 0.25) is 0 Å². The predicted octanol–water partition coefficient (Wildman–Crippen LogP) is 4.74. The van der Waals surface area contributed by atoms with Gasteiger partial charge in [-0.2, -0.15) is 0 Å². The molecule has 0 unspecified atom stereocenters. The van der Waals surface area contributed by atoms with Crippen molar-refractivity contribution in [3.05, 3.63) is 77.4 Å². The number of rotatable bonds is 5. The van der Waals surface area contributed by atoms with Crippen molar-refractivity contribution in [3.8, 4) is 11.3 Å². The third kappa shape index (κ3) is 3.74. The fraction of sp³-hybridized carbons (Fsp3) is 0.158. The summed E-state index contributed by atoms with van der Waals surface area (Å²) in [5, 5.41) is 9.18. The Morgan fingerprint density at radius 1 is 1.20 bits per heavy atom. The van der Waals surface area contributed by atoms with E-state index in [0.29, 0.717) is 17.7 Å². The van der Waals surface area contributed by atoms with Crippen molar-refractivity contribution in [1.82, 2.24) is 4.98 Å². The van der Waals surface area contributed by atoms with E-state index in [0.717, 1.165) is 18.1 Å². The van der Waals surface area contributed by atoms with E-state index in [1.807, 2.05) is 0 Å². The maximum Gasteiger partial charge on any atom is 0.335 e. The summed E-state index contributed by atoms with van der Waals surface area (Å²) in [6, 6.07) is 10.8. The number of oxazole rings is 1. The maximum absolute atomic E-state index is 13.3. The highest BCUT2D eigenvalue weighted by atomic mass is 19.3. The molecule has 25 heavy (non-hydrogen) atoms. The maximum atomic E-state index is 13.3. The molecule has 2 aromatic carbocycles. The minimum absolute atomic E-state index is 0.0470. The molecule has 1 N–H and O–H groups in total. The van der Waals surface area contributed by atoms with Crippen molar-refractivity contribution in [2.45, 2.75) is 19.3 Å². The number of hydrogen-bond donors (Lipinski definition) is 1. The van der Waals surface area contributed by atoms with Gasteiger partial charge in [0, 0.05) is 18.1 Å². The molecule has 0 saturated heterocycles. The normalized spacial score (nSPS) is 11.5. The van der Waals surface area contributed by atoms with Crippen LogP contribution in [-0.4, -0.2) is 16.1 Å². The number of halogens is 2. The number of alkyl halides is 2.